The molecule has 0 saturated heterocycles. The van der Waals surface area contributed by atoms with Crippen molar-refractivity contribution in [1.29, 1.82) is 0 Å². The summed E-state index contributed by atoms with van der Waals surface area (Å²) in [5.74, 6) is -0.493. The Morgan fingerprint density at radius 3 is 2.50 bits per heavy atom. The van der Waals surface area contributed by atoms with Gasteiger partial charge in [-0.05, 0) is 42.5 Å². The van der Waals surface area contributed by atoms with Crippen molar-refractivity contribution in [2.45, 2.75) is 12.3 Å². The average Bonchev–Trinajstić information content (AvgIpc) is 2.60. The van der Waals surface area contributed by atoms with Gasteiger partial charge in [-0.3, -0.25) is 0 Å². The number of ether oxygens (including phenoxy) is 1. The van der Waals surface area contributed by atoms with Crippen molar-refractivity contribution < 1.29 is 32.2 Å². The van der Waals surface area contributed by atoms with Gasteiger partial charge in [-0.2, -0.15) is 13.2 Å². The summed E-state index contributed by atoms with van der Waals surface area (Å²) in [6.45, 7) is -0.496. The second kappa shape index (κ2) is 8.52. The van der Waals surface area contributed by atoms with Crippen LogP contribution >= 0.6 is 0 Å². The van der Waals surface area contributed by atoms with Crippen molar-refractivity contribution >= 4 is 11.7 Å². The number of aliphatic hydroxyl groups excluding tert-OH is 1. The number of urea groups is 1. The first-order valence-electron chi connectivity index (χ1n) is 7.52. The molecule has 0 saturated carbocycles. The number of rotatable bonds is 6. The summed E-state index contributed by atoms with van der Waals surface area (Å²) in [5.41, 5.74) is -0.500. The van der Waals surface area contributed by atoms with E-state index >= 15 is 0 Å². The third kappa shape index (κ3) is 6.25. The van der Waals surface area contributed by atoms with E-state index < -0.39 is 29.7 Å². The summed E-state index contributed by atoms with van der Waals surface area (Å²) in [6, 6.07) is 8.70. The Hall–Kier alpha value is -2.81. The third-order valence-corrected chi connectivity index (χ3v) is 3.20. The van der Waals surface area contributed by atoms with E-state index in [1.807, 2.05) is 0 Å². The van der Waals surface area contributed by atoms with Crippen LogP contribution in [0.5, 0.6) is 5.75 Å². The van der Waals surface area contributed by atoms with Gasteiger partial charge in [-0.15, -0.1) is 0 Å². The maximum atomic E-state index is 12.8. The van der Waals surface area contributed by atoms with Crippen LogP contribution < -0.4 is 15.4 Å². The van der Waals surface area contributed by atoms with Gasteiger partial charge in [0.2, 0.25) is 0 Å². The first-order chi connectivity index (χ1) is 12.2. The van der Waals surface area contributed by atoms with Crippen LogP contribution in [0.2, 0.25) is 0 Å². The van der Waals surface area contributed by atoms with Gasteiger partial charge < -0.3 is 20.5 Å². The lowest BCUT2D eigenvalue weighted by Gasteiger charge is -2.15. The molecule has 0 aliphatic heterocycles. The summed E-state index contributed by atoms with van der Waals surface area (Å²) in [5, 5.41) is 14.5. The van der Waals surface area contributed by atoms with Crippen LogP contribution in [0.1, 0.15) is 5.56 Å². The topological polar surface area (TPSA) is 70.6 Å². The Kier molecular flexibility index (Phi) is 6.40. The van der Waals surface area contributed by atoms with Gasteiger partial charge in [0.25, 0.3) is 0 Å². The molecule has 2 amide bonds. The molecule has 9 heteroatoms. The van der Waals surface area contributed by atoms with Crippen LogP contribution in [0.15, 0.2) is 48.5 Å². The minimum Gasteiger partial charge on any atom is -0.491 e. The van der Waals surface area contributed by atoms with E-state index in [-0.39, 0.29) is 18.9 Å². The van der Waals surface area contributed by atoms with Gasteiger partial charge in [-0.1, -0.05) is 6.07 Å². The second-order valence-corrected chi connectivity index (χ2v) is 5.33. The summed E-state index contributed by atoms with van der Waals surface area (Å²) in [4.78, 5) is 11.6. The molecule has 26 heavy (non-hydrogen) atoms. The minimum atomic E-state index is -4.49. The summed E-state index contributed by atoms with van der Waals surface area (Å²) < 4.78 is 55.7. The smallest absolute Gasteiger partial charge is 0.416 e. The van der Waals surface area contributed by atoms with Crippen LogP contribution in [0, 0.1) is 5.82 Å². The number of halogens is 4. The highest BCUT2D eigenvalue weighted by atomic mass is 19.4. The molecule has 3 N–H and O–H groups in total. The Labute approximate surface area is 146 Å². The number of benzene rings is 2. The number of aliphatic hydroxyl groups is 1. The van der Waals surface area contributed by atoms with Crippen molar-refractivity contribution in [3.05, 3.63) is 59.9 Å². The first kappa shape index (κ1) is 19.5. The molecular formula is C17H16F4N2O3. The number of carbonyl (C=O) groups is 1. The molecule has 5 nitrogen and oxygen atoms in total. The monoisotopic (exact) mass is 372 g/mol. The number of hydrogen-bond donors (Lipinski definition) is 3. The standard InChI is InChI=1S/C17H16F4N2O3/c18-12-4-6-13(7-5-12)23-16(25)22-9-14(24)10-26-15-3-1-2-11(8-15)17(19,20)21/h1-8,14,24H,9-10H2,(H2,22,23,25). The van der Waals surface area contributed by atoms with Crippen LogP contribution in [0.3, 0.4) is 0 Å². The maximum Gasteiger partial charge on any atom is 0.416 e. The van der Waals surface area contributed by atoms with Gasteiger partial charge in [-0.25, -0.2) is 9.18 Å². The van der Waals surface area contributed by atoms with Crippen LogP contribution in [0.4, 0.5) is 28.0 Å². The Bertz CT molecular complexity index is 736. The molecule has 140 valence electrons. The van der Waals surface area contributed by atoms with E-state index in [1.54, 1.807) is 0 Å². The molecule has 0 fully saturated rings. The third-order valence-electron chi connectivity index (χ3n) is 3.20. The second-order valence-electron chi connectivity index (χ2n) is 5.33. The lowest BCUT2D eigenvalue weighted by molar-refractivity contribution is -0.137. The Balaban J connectivity index is 1.76. The molecule has 1 unspecified atom stereocenters. The molecule has 0 aliphatic rings. The van der Waals surface area contributed by atoms with Gasteiger partial charge in [0, 0.05) is 12.2 Å². The van der Waals surface area contributed by atoms with Gasteiger partial charge in [0.15, 0.2) is 0 Å². The van der Waals surface area contributed by atoms with Gasteiger partial charge in [0.1, 0.15) is 24.3 Å². The number of hydrogen-bond acceptors (Lipinski definition) is 3. The van der Waals surface area contributed by atoms with Crippen molar-refractivity contribution in [3.8, 4) is 5.75 Å². The van der Waals surface area contributed by atoms with E-state index in [0.29, 0.717) is 5.69 Å². The van der Waals surface area contributed by atoms with E-state index in [1.165, 1.54) is 36.4 Å². The highest BCUT2D eigenvalue weighted by molar-refractivity contribution is 5.89. The number of anilines is 1. The fourth-order valence-corrected chi connectivity index (χ4v) is 1.93. The molecule has 0 heterocycles. The van der Waals surface area contributed by atoms with Gasteiger partial charge >= 0.3 is 12.2 Å². The summed E-state index contributed by atoms with van der Waals surface area (Å²) in [7, 11) is 0. The first-order valence-corrected chi connectivity index (χ1v) is 7.52. The highest BCUT2D eigenvalue weighted by Gasteiger charge is 2.30. The maximum absolute atomic E-state index is 12.8. The van der Waals surface area contributed by atoms with E-state index in [4.69, 9.17) is 4.74 Å². The lowest BCUT2D eigenvalue weighted by atomic mass is 10.2. The van der Waals surface area contributed by atoms with E-state index in [9.17, 15) is 27.5 Å². The van der Waals surface area contributed by atoms with Crippen molar-refractivity contribution in [3.63, 3.8) is 0 Å². The lowest BCUT2D eigenvalue weighted by Crippen LogP contribution is -2.37. The zero-order valence-electron chi connectivity index (χ0n) is 13.4. The molecule has 2 rings (SSSR count). The molecule has 0 aromatic heterocycles. The quantitative estimate of drug-likeness (QED) is 0.681. The SMILES string of the molecule is O=C(NCC(O)COc1cccc(C(F)(F)F)c1)Nc1ccc(F)cc1. The van der Waals surface area contributed by atoms with Crippen molar-refractivity contribution in [2.75, 3.05) is 18.5 Å². The zero-order valence-corrected chi connectivity index (χ0v) is 13.4. The van der Waals surface area contributed by atoms with E-state index in [0.717, 1.165) is 12.1 Å². The Morgan fingerprint density at radius 1 is 1.15 bits per heavy atom. The van der Waals surface area contributed by atoms with Crippen molar-refractivity contribution in [2.24, 2.45) is 0 Å². The van der Waals surface area contributed by atoms with Crippen LogP contribution in [-0.2, 0) is 6.18 Å². The number of amides is 2. The number of alkyl halides is 3. The zero-order chi connectivity index (χ0) is 19.2. The molecule has 0 spiro atoms. The van der Waals surface area contributed by atoms with Crippen LogP contribution in [-0.4, -0.2) is 30.4 Å². The fourth-order valence-electron chi connectivity index (χ4n) is 1.93. The molecule has 0 radical (unpaired) electrons. The predicted octanol–water partition coefficient (Wildman–Crippen LogP) is 3.41. The highest BCUT2D eigenvalue weighted by Crippen LogP contribution is 2.31. The van der Waals surface area contributed by atoms with Crippen LogP contribution in [0.25, 0.3) is 0 Å². The molecular weight excluding hydrogens is 356 g/mol. The summed E-state index contributed by atoms with van der Waals surface area (Å²) in [6.07, 6.45) is -5.62. The fraction of sp³-hybridized carbons (Fsp3) is 0.235. The normalized spacial score (nSPS) is 12.3. The largest absolute Gasteiger partial charge is 0.491 e. The molecule has 2 aromatic carbocycles. The average molecular weight is 372 g/mol. The molecule has 0 bridgehead atoms. The molecule has 2 aromatic rings. The van der Waals surface area contributed by atoms with E-state index in [2.05, 4.69) is 10.6 Å². The summed E-state index contributed by atoms with van der Waals surface area (Å²) >= 11 is 0. The predicted molar refractivity (Wildman–Crippen MR) is 86.4 cm³/mol. The minimum absolute atomic E-state index is 0.0466. The molecule has 1 atom stereocenters. The number of carbonyl (C=O) groups excluding carboxylic acids is 1. The van der Waals surface area contributed by atoms with Gasteiger partial charge in [0.05, 0.1) is 5.56 Å². The van der Waals surface area contributed by atoms with Crippen molar-refractivity contribution in [1.82, 2.24) is 5.32 Å². The molecule has 0 aliphatic carbocycles. The number of nitrogens with one attached hydrogen (secondary N) is 2. The Morgan fingerprint density at radius 2 is 1.85 bits per heavy atom.